The SMILES string of the molecule is Cc1ccc(-n2nnc(C(=O)N(C)Cc3cccc(F)c3)c2C)cc1. The summed E-state index contributed by atoms with van der Waals surface area (Å²) in [6.07, 6.45) is 0. The summed E-state index contributed by atoms with van der Waals surface area (Å²) >= 11 is 0. The van der Waals surface area contributed by atoms with Crippen molar-refractivity contribution in [2.75, 3.05) is 7.05 Å². The van der Waals surface area contributed by atoms with Gasteiger partial charge in [0.25, 0.3) is 5.91 Å². The Balaban J connectivity index is 1.81. The molecule has 1 heterocycles. The standard InChI is InChI=1S/C19H19FN4O/c1-13-7-9-17(10-8-13)24-14(2)18(21-22-24)19(25)23(3)12-15-5-4-6-16(20)11-15/h4-11H,12H2,1-3H3. The predicted octanol–water partition coefficient (Wildman–Crippen LogP) is 3.30. The highest BCUT2D eigenvalue weighted by molar-refractivity contribution is 5.93. The monoisotopic (exact) mass is 338 g/mol. The van der Waals surface area contributed by atoms with Gasteiger partial charge in [0.1, 0.15) is 5.82 Å². The van der Waals surface area contributed by atoms with E-state index in [1.165, 1.54) is 17.0 Å². The van der Waals surface area contributed by atoms with Crippen LogP contribution in [0.25, 0.3) is 5.69 Å². The highest BCUT2D eigenvalue weighted by Crippen LogP contribution is 2.15. The minimum absolute atomic E-state index is 0.250. The van der Waals surface area contributed by atoms with Crippen molar-refractivity contribution in [3.63, 3.8) is 0 Å². The van der Waals surface area contributed by atoms with Gasteiger partial charge in [-0.25, -0.2) is 9.07 Å². The van der Waals surface area contributed by atoms with E-state index in [2.05, 4.69) is 10.3 Å². The van der Waals surface area contributed by atoms with Gasteiger partial charge in [0.15, 0.2) is 5.69 Å². The van der Waals surface area contributed by atoms with Crippen LogP contribution in [0.15, 0.2) is 48.5 Å². The summed E-state index contributed by atoms with van der Waals surface area (Å²) in [5, 5.41) is 8.14. The minimum Gasteiger partial charge on any atom is -0.336 e. The van der Waals surface area contributed by atoms with Crippen LogP contribution in [-0.4, -0.2) is 32.8 Å². The number of nitrogens with zero attached hydrogens (tertiary/aromatic N) is 4. The van der Waals surface area contributed by atoms with Crippen LogP contribution in [0.1, 0.15) is 27.3 Å². The molecule has 3 rings (SSSR count). The van der Waals surface area contributed by atoms with Crippen molar-refractivity contribution in [2.24, 2.45) is 0 Å². The number of carbonyl (C=O) groups excluding carboxylic acids is 1. The zero-order valence-electron chi connectivity index (χ0n) is 14.4. The summed E-state index contributed by atoms with van der Waals surface area (Å²) in [7, 11) is 1.66. The molecular formula is C19H19FN4O. The predicted molar refractivity (Wildman–Crippen MR) is 93.0 cm³/mol. The van der Waals surface area contributed by atoms with Gasteiger partial charge in [-0.2, -0.15) is 0 Å². The maximum absolute atomic E-state index is 13.3. The normalized spacial score (nSPS) is 10.7. The Morgan fingerprint density at radius 1 is 1.16 bits per heavy atom. The Hall–Kier alpha value is -3.02. The number of hydrogen-bond donors (Lipinski definition) is 0. The van der Waals surface area contributed by atoms with Crippen LogP contribution in [0.3, 0.4) is 0 Å². The molecular weight excluding hydrogens is 319 g/mol. The third-order valence-electron chi connectivity index (χ3n) is 4.03. The van der Waals surface area contributed by atoms with Crippen molar-refractivity contribution >= 4 is 5.91 Å². The number of benzene rings is 2. The van der Waals surface area contributed by atoms with Crippen molar-refractivity contribution in [3.8, 4) is 5.69 Å². The zero-order chi connectivity index (χ0) is 18.0. The van der Waals surface area contributed by atoms with E-state index in [4.69, 9.17) is 0 Å². The molecule has 0 saturated carbocycles. The van der Waals surface area contributed by atoms with Crippen LogP contribution in [0.2, 0.25) is 0 Å². The van der Waals surface area contributed by atoms with Crippen LogP contribution in [0, 0.1) is 19.7 Å². The Morgan fingerprint density at radius 2 is 1.88 bits per heavy atom. The molecule has 25 heavy (non-hydrogen) atoms. The molecule has 0 spiro atoms. The third kappa shape index (κ3) is 3.57. The number of halogens is 1. The lowest BCUT2D eigenvalue weighted by Gasteiger charge is -2.16. The first kappa shape index (κ1) is 16.8. The molecule has 3 aromatic rings. The fourth-order valence-electron chi connectivity index (χ4n) is 2.62. The molecule has 5 nitrogen and oxygen atoms in total. The Morgan fingerprint density at radius 3 is 2.56 bits per heavy atom. The summed E-state index contributed by atoms with van der Waals surface area (Å²) < 4.78 is 14.9. The van der Waals surface area contributed by atoms with E-state index < -0.39 is 0 Å². The van der Waals surface area contributed by atoms with Crippen LogP contribution in [0.5, 0.6) is 0 Å². The number of aryl methyl sites for hydroxylation is 1. The molecule has 0 aliphatic rings. The first-order chi connectivity index (χ1) is 12.0. The van der Waals surface area contributed by atoms with Crippen molar-refractivity contribution in [1.29, 1.82) is 0 Å². The van der Waals surface area contributed by atoms with Gasteiger partial charge in [-0.05, 0) is 43.7 Å². The molecule has 0 radical (unpaired) electrons. The van der Waals surface area contributed by atoms with Gasteiger partial charge in [-0.1, -0.05) is 35.0 Å². The molecule has 0 N–H and O–H groups in total. The topological polar surface area (TPSA) is 51.0 Å². The molecule has 0 aliphatic carbocycles. The van der Waals surface area contributed by atoms with Crippen LogP contribution in [-0.2, 0) is 6.54 Å². The average Bonchev–Trinajstić information content (AvgIpc) is 2.96. The summed E-state index contributed by atoms with van der Waals surface area (Å²) in [6, 6.07) is 14.0. The summed E-state index contributed by atoms with van der Waals surface area (Å²) in [5.74, 6) is -0.569. The number of aromatic nitrogens is 3. The van der Waals surface area contributed by atoms with E-state index >= 15 is 0 Å². The Bertz CT molecular complexity index is 902. The Kier molecular flexibility index (Phi) is 4.61. The van der Waals surface area contributed by atoms with Crippen molar-refractivity contribution in [3.05, 3.63) is 76.9 Å². The van der Waals surface area contributed by atoms with E-state index in [9.17, 15) is 9.18 Å². The molecule has 0 saturated heterocycles. The van der Waals surface area contributed by atoms with Gasteiger partial charge in [0.2, 0.25) is 0 Å². The van der Waals surface area contributed by atoms with Crippen molar-refractivity contribution < 1.29 is 9.18 Å². The Labute approximate surface area is 145 Å². The number of amides is 1. The molecule has 0 unspecified atom stereocenters. The average molecular weight is 338 g/mol. The lowest BCUT2D eigenvalue weighted by molar-refractivity contribution is 0.0778. The summed E-state index contributed by atoms with van der Waals surface area (Å²) in [5.41, 5.74) is 3.67. The van der Waals surface area contributed by atoms with E-state index in [1.54, 1.807) is 23.9 Å². The first-order valence-electron chi connectivity index (χ1n) is 7.95. The molecule has 0 atom stereocenters. The quantitative estimate of drug-likeness (QED) is 0.733. The molecule has 1 aromatic heterocycles. The largest absolute Gasteiger partial charge is 0.336 e. The van der Waals surface area contributed by atoms with Crippen molar-refractivity contribution in [2.45, 2.75) is 20.4 Å². The summed E-state index contributed by atoms with van der Waals surface area (Å²) in [6.45, 7) is 4.12. The number of hydrogen-bond acceptors (Lipinski definition) is 3. The fraction of sp³-hybridized carbons (Fsp3) is 0.211. The van der Waals surface area contributed by atoms with Gasteiger partial charge in [-0.3, -0.25) is 4.79 Å². The minimum atomic E-state index is -0.320. The van der Waals surface area contributed by atoms with Crippen LogP contribution >= 0.6 is 0 Å². The first-order valence-corrected chi connectivity index (χ1v) is 7.95. The van der Waals surface area contributed by atoms with E-state index in [0.717, 1.165) is 16.8 Å². The van der Waals surface area contributed by atoms with Crippen LogP contribution < -0.4 is 0 Å². The van der Waals surface area contributed by atoms with Gasteiger partial charge in [0, 0.05) is 13.6 Å². The smallest absolute Gasteiger partial charge is 0.276 e. The third-order valence-corrected chi connectivity index (χ3v) is 4.03. The van der Waals surface area contributed by atoms with E-state index in [0.29, 0.717) is 17.9 Å². The van der Waals surface area contributed by atoms with Crippen LogP contribution in [0.4, 0.5) is 4.39 Å². The van der Waals surface area contributed by atoms with E-state index in [-0.39, 0.29) is 11.7 Å². The zero-order valence-corrected chi connectivity index (χ0v) is 14.4. The lowest BCUT2D eigenvalue weighted by atomic mass is 10.2. The molecule has 2 aromatic carbocycles. The summed E-state index contributed by atoms with van der Waals surface area (Å²) in [4.78, 5) is 14.2. The molecule has 6 heteroatoms. The molecule has 128 valence electrons. The molecule has 0 aliphatic heterocycles. The second-order valence-corrected chi connectivity index (χ2v) is 6.06. The van der Waals surface area contributed by atoms with Gasteiger partial charge >= 0.3 is 0 Å². The van der Waals surface area contributed by atoms with Crippen molar-refractivity contribution in [1.82, 2.24) is 19.9 Å². The molecule has 0 fully saturated rings. The second-order valence-electron chi connectivity index (χ2n) is 6.06. The number of rotatable bonds is 4. The molecule has 0 bridgehead atoms. The second kappa shape index (κ2) is 6.84. The van der Waals surface area contributed by atoms with Gasteiger partial charge < -0.3 is 4.90 Å². The maximum Gasteiger partial charge on any atom is 0.276 e. The fourth-order valence-corrected chi connectivity index (χ4v) is 2.62. The highest BCUT2D eigenvalue weighted by Gasteiger charge is 2.21. The molecule has 1 amide bonds. The lowest BCUT2D eigenvalue weighted by Crippen LogP contribution is -2.27. The number of carbonyl (C=O) groups is 1. The van der Waals surface area contributed by atoms with Gasteiger partial charge in [0.05, 0.1) is 11.4 Å². The van der Waals surface area contributed by atoms with Gasteiger partial charge in [-0.15, -0.1) is 5.10 Å². The van der Waals surface area contributed by atoms with E-state index in [1.807, 2.05) is 38.1 Å². The highest BCUT2D eigenvalue weighted by atomic mass is 19.1. The maximum atomic E-state index is 13.3.